The van der Waals surface area contributed by atoms with Crippen molar-refractivity contribution in [3.8, 4) is 0 Å². The van der Waals surface area contributed by atoms with Gasteiger partial charge in [0.05, 0.1) is 18.8 Å². The van der Waals surface area contributed by atoms with Gasteiger partial charge in [-0.1, -0.05) is 17.7 Å². The van der Waals surface area contributed by atoms with Crippen molar-refractivity contribution in [2.45, 2.75) is 19.5 Å². The third-order valence-corrected chi connectivity index (χ3v) is 5.95. The molecule has 31 heavy (non-hydrogen) atoms. The highest BCUT2D eigenvalue weighted by molar-refractivity contribution is 6.31. The molecular weight excluding hydrogens is 417 g/mol. The molecule has 2 aromatic rings. The van der Waals surface area contributed by atoms with E-state index in [-0.39, 0.29) is 11.9 Å². The molecule has 1 N–H and O–H groups in total. The largest absolute Gasteiger partial charge is 0.357 e. The van der Waals surface area contributed by atoms with Crippen LogP contribution < -0.4 is 5.32 Å². The minimum atomic E-state index is -0.241. The van der Waals surface area contributed by atoms with E-state index < -0.39 is 0 Å². The van der Waals surface area contributed by atoms with E-state index in [4.69, 9.17) is 16.6 Å². The number of likely N-dealkylation sites (N-methyl/N-ethyl adjacent to an activating group) is 1. The van der Waals surface area contributed by atoms with Crippen molar-refractivity contribution in [1.29, 1.82) is 0 Å². The number of piperazine rings is 1. The fourth-order valence-electron chi connectivity index (χ4n) is 3.80. The number of aryl methyl sites for hydroxylation is 1. The molecule has 0 bridgehead atoms. The monoisotopic (exact) mass is 449 g/mol. The molecule has 1 aromatic carbocycles. The summed E-state index contributed by atoms with van der Waals surface area (Å²) >= 11 is 6.20. The van der Waals surface area contributed by atoms with Crippen molar-refractivity contribution in [2.24, 2.45) is 12.0 Å². The minimum Gasteiger partial charge on any atom is -0.357 e. The SMILES string of the molecule is CCNC(=NCC(c1cnn(C)c1)N(C)C)N1CCN(Cc2c(F)cccc2Cl)CC1. The summed E-state index contributed by atoms with van der Waals surface area (Å²) in [5.41, 5.74) is 1.72. The Balaban J connectivity index is 1.63. The average molecular weight is 450 g/mol. The summed E-state index contributed by atoms with van der Waals surface area (Å²) in [4.78, 5) is 11.6. The summed E-state index contributed by atoms with van der Waals surface area (Å²) in [7, 11) is 6.05. The molecule has 2 heterocycles. The molecule has 1 saturated heterocycles. The van der Waals surface area contributed by atoms with Crippen molar-refractivity contribution in [3.63, 3.8) is 0 Å². The molecule has 170 valence electrons. The van der Waals surface area contributed by atoms with Gasteiger partial charge in [-0.05, 0) is 33.2 Å². The van der Waals surface area contributed by atoms with E-state index in [9.17, 15) is 4.39 Å². The molecule has 3 rings (SSSR count). The van der Waals surface area contributed by atoms with Crippen LogP contribution in [0.15, 0.2) is 35.6 Å². The van der Waals surface area contributed by atoms with E-state index in [1.165, 1.54) is 6.07 Å². The summed E-state index contributed by atoms with van der Waals surface area (Å²) in [6, 6.07) is 5.02. The summed E-state index contributed by atoms with van der Waals surface area (Å²) in [5.74, 6) is 0.678. The molecule has 0 radical (unpaired) electrons. The molecule has 1 aliphatic rings. The molecule has 1 unspecified atom stereocenters. The first-order valence-corrected chi connectivity index (χ1v) is 11.1. The number of rotatable bonds is 7. The number of halogens is 2. The van der Waals surface area contributed by atoms with Crippen LogP contribution in [0.3, 0.4) is 0 Å². The zero-order valence-corrected chi connectivity index (χ0v) is 19.6. The Labute approximate surface area is 189 Å². The van der Waals surface area contributed by atoms with Crippen LogP contribution >= 0.6 is 11.6 Å². The van der Waals surface area contributed by atoms with Crippen LogP contribution in [0.4, 0.5) is 4.39 Å². The van der Waals surface area contributed by atoms with E-state index in [0.717, 1.165) is 44.2 Å². The van der Waals surface area contributed by atoms with Crippen molar-refractivity contribution in [1.82, 2.24) is 29.8 Å². The summed E-state index contributed by atoms with van der Waals surface area (Å²) in [6.07, 6.45) is 3.94. The van der Waals surface area contributed by atoms with Gasteiger partial charge in [0.1, 0.15) is 5.82 Å². The van der Waals surface area contributed by atoms with E-state index in [1.807, 2.05) is 24.1 Å². The number of benzene rings is 1. The predicted octanol–water partition coefficient (Wildman–Crippen LogP) is 2.60. The van der Waals surface area contributed by atoms with Crippen molar-refractivity contribution >= 4 is 17.6 Å². The fourth-order valence-corrected chi connectivity index (χ4v) is 4.03. The van der Waals surface area contributed by atoms with Gasteiger partial charge >= 0.3 is 0 Å². The molecule has 1 fully saturated rings. The van der Waals surface area contributed by atoms with Gasteiger partial charge in [-0.25, -0.2) is 4.39 Å². The fraction of sp³-hybridized carbons (Fsp3) is 0.545. The molecule has 0 saturated carbocycles. The van der Waals surface area contributed by atoms with Crippen LogP contribution in [0.1, 0.15) is 24.1 Å². The molecule has 0 aliphatic carbocycles. The number of nitrogens with one attached hydrogen (secondary N) is 1. The topological polar surface area (TPSA) is 51.9 Å². The number of hydrogen-bond donors (Lipinski definition) is 1. The maximum atomic E-state index is 14.1. The molecule has 1 aliphatic heterocycles. The van der Waals surface area contributed by atoms with Crippen molar-refractivity contribution < 1.29 is 4.39 Å². The molecule has 9 heteroatoms. The van der Waals surface area contributed by atoms with Crippen molar-refractivity contribution in [2.75, 3.05) is 53.4 Å². The lowest BCUT2D eigenvalue weighted by Crippen LogP contribution is -2.52. The first kappa shape index (κ1) is 23.5. The van der Waals surface area contributed by atoms with E-state index in [0.29, 0.717) is 23.7 Å². The maximum Gasteiger partial charge on any atom is 0.194 e. The summed E-state index contributed by atoms with van der Waals surface area (Å²) < 4.78 is 16.0. The van der Waals surface area contributed by atoms with Crippen LogP contribution in [0.25, 0.3) is 0 Å². The number of guanidine groups is 1. The van der Waals surface area contributed by atoms with Crippen molar-refractivity contribution in [3.05, 3.63) is 52.6 Å². The number of nitrogens with zero attached hydrogens (tertiary/aromatic N) is 6. The Morgan fingerprint density at radius 3 is 2.61 bits per heavy atom. The van der Waals surface area contributed by atoms with Gasteiger partial charge in [-0.2, -0.15) is 5.10 Å². The van der Waals surface area contributed by atoms with Crippen LogP contribution in [-0.4, -0.2) is 83.8 Å². The maximum absolute atomic E-state index is 14.1. The van der Waals surface area contributed by atoms with Crippen LogP contribution in [0, 0.1) is 5.82 Å². The summed E-state index contributed by atoms with van der Waals surface area (Å²) in [5, 5.41) is 8.21. The van der Waals surface area contributed by atoms with Gasteiger partial charge in [0.25, 0.3) is 0 Å². The highest BCUT2D eigenvalue weighted by Gasteiger charge is 2.22. The second-order valence-electron chi connectivity index (χ2n) is 8.08. The number of hydrogen-bond acceptors (Lipinski definition) is 4. The molecule has 1 aromatic heterocycles. The van der Waals surface area contributed by atoms with Gasteiger partial charge in [0.15, 0.2) is 5.96 Å². The van der Waals surface area contributed by atoms with E-state index >= 15 is 0 Å². The normalized spacial score (nSPS) is 16.7. The van der Waals surface area contributed by atoms with Crippen LogP contribution in [0.2, 0.25) is 5.02 Å². The number of aliphatic imine (C=N–C) groups is 1. The van der Waals surface area contributed by atoms with Gasteiger partial charge in [0, 0.05) is 68.7 Å². The van der Waals surface area contributed by atoms with Gasteiger partial charge in [-0.15, -0.1) is 0 Å². The lowest BCUT2D eigenvalue weighted by atomic mass is 10.1. The van der Waals surface area contributed by atoms with Gasteiger partial charge < -0.3 is 15.1 Å². The third kappa shape index (κ3) is 6.18. The zero-order chi connectivity index (χ0) is 22.4. The van der Waals surface area contributed by atoms with Crippen LogP contribution in [0.5, 0.6) is 0 Å². The Kier molecular flexibility index (Phi) is 8.28. The quantitative estimate of drug-likeness (QED) is 0.520. The Morgan fingerprint density at radius 2 is 2.03 bits per heavy atom. The minimum absolute atomic E-state index is 0.159. The molecule has 1 atom stereocenters. The number of aromatic nitrogens is 2. The Bertz CT molecular complexity index is 854. The molecule has 0 amide bonds. The highest BCUT2D eigenvalue weighted by Crippen LogP contribution is 2.22. The first-order valence-electron chi connectivity index (χ1n) is 10.7. The average Bonchev–Trinajstić information content (AvgIpc) is 3.16. The predicted molar refractivity (Wildman–Crippen MR) is 124 cm³/mol. The second-order valence-corrected chi connectivity index (χ2v) is 8.49. The Hall–Kier alpha value is -2.16. The second kappa shape index (κ2) is 10.9. The molecule has 0 spiro atoms. The first-order chi connectivity index (χ1) is 14.9. The lowest BCUT2D eigenvalue weighted by Gasteiger charge is -2.37. The van der Waals surface area contributed by atoms with Crippen LogP contribution in [-0.2, 0) is 13.6 Å². The van der Waals surface area contributed by atoms with E-state index in [1.54, 1.807) is 12.1 Å². The third-order valence-electron chi connectivity index (χ3n) is 5.60. The van der Waals surface area contributed by atoms with Gasteiger partial charge in [-0.3, -0.25) is 14.6 Å². The Morgan fingerprint density at radius 1 is 1.29 bits per heavy atom. The highest BCUT2D eigenvalue weighted by atomic mass is 35.5. The lowest BCUT2D eigenvalue weighted by molar-refractivity contribution is 0.170. The molecule has 7 nitrogen and oxygen atoms in total. The summed E-state index contributed by atoms with van der Waals surface area (Å²) in [6.45, 7) is 7.38. The smallest absolute Gasteiger partial charge is 0.194 e. The molecular formula is C22H33ClFN7. The zero-order valence-electron chi connectivity index (χ0n) is 18.9. The van der Waals surface area contributed by atoms with E-state index in [2.05, 4.69) is 46.1 Å². The van der Waals surface area contributed by atoms with Gasteiger partial charge in [0.2, 0.25) is 0 Å². The standard InChI is InChI=1S/C22H33ClFN7/c1-5-25-22(26-14-21(28(2)3)17-13-27-29(4)15-17)31-11-9-30(10-12-31)16-18-19(23)7-6-8-20(18)24/h6-8,13,15,21H,5,9-12,14,16H2,1-4H3,(H,25,26).